The number of benzene rings is 1. The molecule has 1 atom stereocenters. The number of hydrogen-bond donors (Lipinski definition) is 1. The minimum atomic E-state index is -0.429. The smallest absolute Gasteiger partial charge is 0.0958 e. The normalized spacial score (nSPS) is 12.5. The van der Waals surface area contributed by atoms with Crippen molar-refractivity contribution in [1.82, 2.24) is 9.97 Å². The summed E-state index contributed by atoms with van der Waals surface area (Å²) in [5.74, 6) is 0. The predicted molar refractivity (Wildman–Crippen MR) is 87.8 cm³/mol. The molecule has 0 saturated heterocycles. The molecule has 3 rings (SSSR count). The van der Waals surface area contributed by atoms with Gasteiger partial charge >= 0.3 is 0 Å². The zero-order valence-electron chi connectivity index (χ0n) is 11.7. The molecule has 0 saturated carbocycles. The number of aliphatic hydroxyl groups is 1. The molecule has 0 amide bonds. The topological polar surface area (TPSA) is 46.0 Å². The van der Waals surface area contributed by atoms with Crippen molar-refractivity contribution >= 4 is 22.7 Å². The van der Waals surface area contributed by atoms with E-state index in [1.165, 1.54) is 0 Å². The predicted octanol–water partition coefficient (Wildman–Crippen LogP) is 3.72. The lowest BCUT2D eigenvalue weighted by Crippen LogP contribution is -2.14. The molecule has 0 aliphatic carbocycles. The Bertz CT molecular complexity index is 706. The van der Waals surface area contributed by atoms with E-state index in [-0.39, 0.29) is 0 Å². The quantitative estimate of drug-likeness (QED) is 0.780. The monoisotopic (exact) mass is 316 g/mol. The standard InChI is InChI=1S/C16H16N2OS2/c1-11-17-13(9-20-11)7-14(19)8-16-18-15(10-21-16)12-5-3-2-4-6-12/h2-6,9-10,14,19H,7-8H2,1H3. The summed E-state index contributed by atoms with van der Waals surface area (Å²) in [6, 6.07) is 10.1. The summed E-state index contributed by atoms with van der Waals surface area (Å²) >= 11 is 3.22. The summed E-state index contributed by atoms with van der Waals surface area (Å²) < 4.78 is 0. The molecule has 0 aliphatic rings. The number of aryl methyl sites for hydroxylation is 1. The summed E-state index contributed by atoms with van der Waals surface area (Å²) in [4.78, 5) is 8.99. The molecule has 21 heavy (non-hydrogen) atoms. The first-order valence-electron chi connectivity index (χ1n) is 6.79. The molecule has 1 unspecified atom stereocenters. The Hall–Kier alpha value is -1.56. The first-order chi connectivity index (χ1) is 10.2. The maximum Gasteiger partial charge on any atom is 0.0958 e. The Labute approximate surface area is 132 Å². The number of hydrogen-bond acceptors (Lipinski definition) is 5. The third kappa shape index (κ3) is 3.75. The van der Waals surface area contributed by atoms with Gasteiger partial charge in [-0.1, -0.05) is 30.3 Å². The Morgan fingerprint density at radius 3 is 2.57 bits per heavy atom. The van der Waals surface area contributed by atoms with Gasteiger partial charge in [0.2, 0.25) is 0 Å². The zero-order valence-corrected chi connectivity index (χ0v) is 13.3. The van der Waals surface area contributed by atoms with Gasteiger partial charge in [0.15, 0.2) is 0 Å². The van der Waals surface area contributed by atoms with E-state index >= 15 is 0 Å². The van der Waals surface area contributed by atoms with E-state index < -0.39 is 6.10 Å². The van der Waals surface area contributed by atoms with E-state index in [2.05, 4.69) is 9.97 Å². The van der Waals surface area contributed by atoms with Crippen LogP contribution in [0.2, 0.25) is 0 Å². The number of rotatable bonds is 5. The molecule has 0 fully saturated rings. The van der Waals surface area contributed by atoms with Crippen LogP contribution in [0.15, 0.2) is 41.1 Å². The van der Waals surface area contributed by atoms with Crippen LogP contribution in [0.5, 0.6) is 0 Å². The molecule has 0 bridgehead atoms. The van der Waals surface area contributed by atoms with E-state index in [0.717, 1.165) is 27.0 Å². The molecule has 0 aliphatic heterocycles. The summed E-state index contributed by atoms with van der Waals surface area (Å²) in [6.45, 7) is 1.98. The molecule has 2 aromatic heterocycles. The second kappa shape index (κ2) is 6.47. The van der Waals surface area contributed by atoms with E-state index in [4.69, 9.17) is 0 Å². The van der Waals surface area contributed by atoms with Gasteiger partial charge in [-0.2, -0.15) is 0 Å². The Balaban J connectivity index is 1.64. The third-order valence-electron chi connectivity index (χ3n) is 3.14. The van der Waals surface area contributed by atoms with Crippen LogP contribution in [-0.2, 0) is 12.8 Å². The molecule has 3 nitrogen and oxygen atoms in total. The van der Waals surface area contributed by atoms with Gasteiger partial charge < -0.3 is 5.11 Å². The second-order valence-electron chi connectivity index (χ2n) is 4.91. The Kier molecular flexibility index (Phi) is 4.43. The van der Waals surface area contributed by atoms with Gasteiger partial charge in [-0.15, -0.1) is 22.7 Å². The van der Waals surface area contributed by atoms with Crippen molar-refractivity contribution in [3.8, 4) is 11.3 Å². The number of aromatic nitrogens is 2. The van der Waals surface area contributed by atoms with Crippen LogP contribution in [-0.4, -0.2) is 21.2 Å². The Morgan fingerprint density at radius 2 is 1.86 bits per heavy atom. The van der Waals surface area contributed by atoms with Crippen LogP contribution in [0, 0.1) is 6.92 Å². The summed E-state index contributed by atoms with van der Waals surface area (Å²) in [6.07, 6.45) is 0.736. The molecule has 0 spiro atoms. The highest BCUT2D eigenvalue weighted by molar-refractivity contribution is 7.10. The highest BCUT2D eigenvalue weighted by atomic mass is 32.1. The maximum atomic E-state index is 10.2. The summed E-state index contributed by atoms with van der Waals surface area (Å²) in [5, 5.41) is 16.2. The van der Waals surface area contributed by atoms with Gasteiger partial charge in [0.25, 0.3) is 0 Å². The summed E-state index contributed by atoms with van der Waals surface area (Å²) in [5.41, 5.74) is 3.06. The van der Waals surface area contributed by atoms with Crippen LogP contribution >= 0.6 is 22.7 Å². The average Bonchev–Trinajstić information content (AvgIpc) is 3.09. The molecule has 1 aromatic carbocycles. The molecule has 108 valence electrons. The minimum Gasteiger partial charge on any atom is -0.392 e. The van der Waals surface area contributed by atoms with Crippen molar-refractivity contribution in [3.05, 3.63) is 56.8 Å². The maximum absolute atomic E-state index is 10.2. The van der Waals surface area contributed by atoms with Crippen molar-refractivity contribution in [2.75, 3.05) is 0 Å². The fraction of sp³-hybridized carbons (Fsp3) is 0.250. The van der Waals surface area contributed by atoms with E-state index in [1.54, 1.807) is 22.7 Å². The SMILES string of the molecule is Cc1nc(CC(O)Cc2nc(-c3ccccc3)cs2)cs1. The van der Waals surface area contributed by atoms with Crippen LogP contribution < -0.4 is 0 Å². The average molecular weight is 316 g/mol. The van der Waals surface area contributed by atoms with E-state index in [1.807, 2.05) is 48.0 Å². The van der Waals surface area contributed by atoms with Crippen molar-refractivity contribution in [1.29, 1.82) is 0 Å². The Morgan fingerprint density at radius 1 is 1.05 bits per heavy atom. The van der Waals surface area contributed by atoms with Gasteiger partial charge in [-0.25, -0.2) is 9.97 Å². The molecular weight excluding hydrogens is 300 g/mol. The first-order valence-corrected chi connectivity index (χ1v) is 8.55. The van der Waals surface area contributed by atoms with Crippen molar-refractivity contribution < 1.29 is 5.11 Å². The fourth-order valence-electron chi connectivity index (χ4n) is 2.16. The van der Waals surface area contributed by atoms with Gasteiger partial charge in [0.05, 0.1) is 27.5 Å². The van der Waals surface area contributed by atoms with Gasteiger partial charge in [-0.3, -0.25) is 0 Å². The largest absolute Gasteiger partial charge is 0.392 e. The van der Waals surface area contributed by atoms with E-state index in [0.29, 0.717) is 12.8 Å². The molecule has 5 heteroatoms. The highest BCUT2D eigenvalue weighted by Crippen LogP contribution is 2.22. The third-order valence-corrected chi connectivity index (χ3v) is 4.84. The molecular formula is C16H16N2OS2. The van der Waals surface area contributed by atoms with Crippen molar-refractivity contribution in [2.45, 2.75) is 25.9 Å². The lowest BCUT2D eigenvalue weighted by molar-refractivity contribution is 0.174. The molecule has 1 N–H and O–H groups in total. The number of aliphatic hydroxyl groups excluding tert-OH is 1. The zero-order chi connectivity index (χ0) is 14.7. The van der Waals surface area contributed by atoms with Crippen LogP contribution in [0.25, 0.3) is 11.3 Å². The molecule has 3 aromatic rings. The van der Waals surface area contributed by atoms with Crippen LogP contribution in [0.3, 0.4) is 0 Å². The van der Waals surface area contributed by atoms with E-state index in [9.17, 15) is 5.11 Å². The number of nitrogens with zero attached hydrogens (tertiary/aromatic N) is 2. The number of thiazole rings is 2. The lowest BCUT2D eigenvalue weighted by Gasteiger charge is -2.06. The van der Waals surface area contributed by atoms with Gasteiger partial charge in [0, 0.05) is 29.2 Å². The van der Waals surface area contributed by atoms with Crippen LogP contribution in [0.1, 0.15) is 15.7 Å². The fourth-order valence-corrected chi connectivity index (χ4v) is 3.66. The lowest BCUT2D eigenvalue weighted by atomic mass is 10.1. The molecule has 0 radical (unpaired) electrons. The van der Waals surface area contributed by atoms with Crippen molar-refractivity contribution in [3.63, 3.8) is 0 Å². The van der Waals surface area contributed by atoms with Gasteiger partial charge in [-0.05, 0) is 6.92 Å². The summed E-state index contributed by atoms with van der Waals surface area (Å²) in [7, 11) is 0. The first kappa shape index (κ1) is 14.4. The molecule has 2 heterocycles. The van der Waals surface area contributed by atoms with Crippen LogP contribution in [0.4, 0.5) is 0 Å². The minimum absolute atomic E-state index is 0.429. The second-order valence-corrected chi connectivity index (χ2v) is 6.92. The van der Waals surface area contributed by atoms with Gasteiger partial charge in [0.1, 0.15) is 0 Å². The highest BCUT2D eigenvalue weighted by Gasteiger charge is 2.12. The van der Waals surface area contributed by atoms with Crippen molar-refractivity contribution in [2.24, 2.45) is 0 Å².